The minimum atomic E-state index is -0.828. The molecule has 1 aromatic rings. The molecule has 102 valence electrons. The molecule has 1 aliphatic rings. The van der Waals surface area contributed by atoms with E-state index in [0.717, 1.165) is 18.5 Å². The summed E-state index contributed by atoms with van der Waals surface area (Å²) in [6, 6.07) is 8.70. The Balaban J connectivity index is 1.70. The van der Waals surface area contributed by atoms with Crippen LogP contribution in [-0.2, 0) is 9.59 Å². The Morgan fingerprint density at radius 3 is 2.53 bits per heavy atom. The van der Waals surface area contributed by atoms with Crippen molar-refractivity contribution >= 4 is 17.6 Å². The molecule has 1 aliphatic carbocycles. The Bertz CT molecular complexity index is 443. The number of carbonyl (C=O) groups excluding carboxylic acids is 1. The van der Waals surface area contributed by atoms with Crippen molar-refractivity contribution in [3.05, 3.63) is 30.3 Å². The van der Waals surface area contributed by atoms with Crippen LogP contribution in [0.1, 0.15) is 19.3 Å². The van der Waals surface area contributed by atoms with E-state index >= 15 is 0 Å². The number of hydrogen-bond acceptors (Lipinski definition) is 3. The van der Waals surface area contributed by atoms with Gasteiger partial charge in [0.2, 0.25) is 5.91 Å². The molecule has 2 rings (SSSR count). The summed E-state index contributed by atoms with van der Waals surface area (Å²) in [5.41, 5.74) is 0.754. The monoisotopic (exact) mass is 262 g/mol. The zero-order valence-corrected chi connectivity index (χ0v) is 10.6. The molecular formula is C14H18N2O3. The SMILES string of the molecule is O=C(CCNC(C(=O)O)C1CC1)Nc1ccccc1. The number of aliphatic carboxylic acids is 1. The lowest BCUT2D eigenvalue weighted by atomic mass is 10.2. The zero-order valence-electron chi connectivity index (χ0n) is 10.6. The van der Waals surface area contributed by atoms with E-state index in [1.807, 2.05) is 30.3 Å². The van der Waals surface area contributed by atoms with Gasteiger partial charge < -0.3 is 15.7 Å². The number of para-hydroxylation sites is 1. The summed E-state index contributed by atoms with van der Waals surface area (Å²) in [4.78, 5) is 22.6. The largest absolute Gasteiger partial charge is 0.480 e. The van der Waals surface area contributed by atoms with Gasteiger partial charge in [0.1, 0.15) is 6.04 Å². The number of amides is 1. The summed E-state index contributed by atoms with van der Waals surface area (Å²) >= 11 is 0. The van der Waals surface area contributed by atoms with Crippen molar-refractivity contribution in [1.29, 1.82) is 0 Å². The van der Waals surface area contributed by atoms with Gasteiger partial charge in [0, 0.05) is 18.7 Å². The summed E-state index contributed by atoms with van der Waals surface area (Å²) in [6.45, 7) is 0.381. The Labute approximate surface area is 112 Å². The van der Waals surface area contributed by atoms with Crippen LogP contribution in [0.5, 0.6) is 0 Å². The molecular weight excluding hydrogens is 244 g/mol. The molecule has 0 heterocycles. The number of anilines is 1. The van der Waals surface area contributed by atoms with E-state index in [0.29, 0.717) is 6.54 Å². The van der Waals surface area contributed by atoms with Gasteiger partial charge >= 0.3 is 5.97 Å². The summed E-state index contributed by atoms with van der Waals surface area (Å²) in [7, 11) is 0. The highest BCUT2D eigenvalue weighted by atomic mass is 16.4. The maximum absolute atomic E-state index is 11.7. The number of hydrogen-bond donors (Lipinski definition) is 3. The van der Waals surface area contributed by atoms with E-state index in [9.17, 15) is 9.59 Å². The van der Waals surface area contributed by atoms with Crippen LogP contribution in [0.15, 0.2) is 30.3 Å². The summed E-state index contributed by atoms with van der Waals surface area (Å²) in [5.74, 6) is -0.709. The fourth-order valence-electron chi connectivity index (χ4n) is 1.97. The highest BCUT2D eigenvalue weighted by molar-refractivity contribution is 5.90. The predicted molar refractivity (Wildman–Crippen MR) is 71.8 cm³/mol. The standard InChI is InChI=1S/C14H18N2O3/c17-12(16-11-4-2-1-3-5-11)8-9-15-13(14(18)19)10-6-7-10/h1-5,10,13,15H,6-9H2,(H,16,17)(H,18,19). The molecule has 1 aromatic carbocycles. The van der Waals surface area contributed by atoms with E-state index in [2.05, 4.69) is 10.6 Å². The van der Waals surface area contributed by atoms with Crippen LogP contribution in [0, 0.1) is 5.92 Å². The number of nitrogens with one attached hydrogen (secondary N) is 2. The minimum absolute atomic E-state index is 0.112. The number of benzene rings is 1. The lowest BCUT2D eigenvalue weighted by Crippen LogP contribution is -2.39. The lowest BCUT2D eigenvalue weighted by Gasteiger charge is -2.13. The Hall–Kier alpha value is -1.88. The number of carbonyl (C=O) groups is 2. The van der Waals surface area contributed by atoms with Crippen LogP contribution in [-0.4, -0.2) is 29.6 Å². The normalized spacial score (nSPS) is 15.8. The highest BCUT2D eigenvalue weighted by Crippen LogP contribution is 2.32. The van der Waals surface area contributed by atoms with Gasteiger partial charge in [0.25, 0.3) is 0 Å². The second-order valence-corrected chi connectivity index (χ2v) is 4.77. The first-order valence-electron chi connectivity index (χ1n) is 6.48. The first kappa shape index (κ1) is 13.5. The van der Waals surface area contributed by atoms with Gasteiger partial charge in [-0.3, -0.25) is 9.59 Å². The smallest absolute Gasteiger partial charge is 0.320 e. The molecule has 19 heavy (non-hydrogen) atoms. The van der Waals surface area contributed by atoms with Gasteiger partial charge in [0.15, 0.2) is 0 Å². The van der Waals surface area contributed by atoms with Crippen molar-refractivity contribution < 1.29 is 14.7 Å². The molecule has 1 atom stereocenters. The second-order valence-electron chi connectivity index (χ2n) is 4.77. The van der Waals surface area contributed by atoms with E-state index in [4.69, 9.17) is 5.11 Å². The summed E-state index contributed by atoms with van der Waals surface area (Å²) < 4.78 is 0. The fraction of sp³-hybridized carbons (Fsp3) is 0.429. The average molecular weight is 262 g/mol. The molecule has 1 fully saturated rings. The van der Waals surface area contributed by atoms with Gasteiger partial charge in [0.05, 0.1) is 0 Å². The van der Waals surface area contributed by atoms with Gasteiger partial charge in [-0.1, -0.05) is 18.2 Å². The van der Waals surface area contributed by atoms with Gasteiger partial charge in [-0.25, -0.2) is 0 Å². The topological polar surface area (TPSA) is 78.4 Å². The third-order valence-electron chi connectivity index (χ3n) is 3.13. The average Bonchev–Trinajstić information content (AvgIpc) is 3.19. The molecule has 1 amide bonds. The highest BCUT2D eigenvalue weighted by Gasteiger charge is 2.35. The molecule has 1 saturated carbocycles. The molecule has 5 nitrogen and oxygen atoms in total. The Morgan fingerprint density at radius 2 is 1.95 bits per heavy atom. The van der Waals surface area contributed by atoms with E-state index < -0.39 is 12.0 Å². The van der Waals surface area contributed by atoms with Gasteiger partial charge in [-0.15, -0.1) is 0 Å². The van der Waals surface area contributed by atoms with Crippen LogP contribution in [0.25, 0.3) is 0 Å². The molecule has 1 unspecified atom stereocenters. The third kappa shape index (κ3) is 4.37. The molecule has 0 saturated heterocycles. The zero-order chi connectivity index (χ0) is 13.7. The maximum atomic E-state index is 11.7. The predicted octanol–water partition coefficient (Wildman–Crippen LogP) is 1.47. The van der Waals surface area contributed by atoms with Crippen LogP contribution in [0.3, 0.4) is 0 Å². The van der Waals surface area contributed by atoms with Gasteiger partial charge in [-0.05, 0) is 30.9 Å². The van der Waals surface area contributed by atoms with E-state index in [1.165, 1.54) is 0 Å². The van der Waals surface area contributed by atoms with Crippen LogP contribution in [0.4, 0.5) is 5.69 Å². The quantitative estimate of drug-likeness (QED) is 0.695. The second kappa shape index (κ2) is 6.33. The maximum Gasteiger partial charge on any atom is 0.320 e. The van der Waals surface area contributed by atoms with Crippen molar-refractivity contribution in [3.63, 3.8) is 0 Å². The molecule has 0 radical (unpaired) electrons. The Morgan fingerprint density at radius 1 is 1.26 bits per heavy atom. The molecule has 3 N–H and O–H groups in total. The van der Waals surface area contributed by atoms with Crippen LogP contribution in [0.2, 0.25) is 0 Å². The van der Waals surface area contributed by atoms with Crippen molar-refractivity contribution in [2.24, 2.45) is 5.92 Å². The number of rotatable bonds is 7. The minimum Gasteiger partial charge on any atom is -0.480 e. The fourth-order valence-corrected chi connectivity index (χ4v) is 1.97. The molecule has 0 aromatic heterocycles. The van der Waals surface area contributed by atoms with Crippen molar-refractivity contribution in [2.75, 3.05) is 11.9 Å². The van der Waals surface area contributed by atoms with Gasteiger partial charge in [-0.2, -0.15) is 0 Å². The van der Waals surface area contributed by atoms with Crippen LogP contribution < -0.4 is 10.6 Å². The Kier molecular flexibility index (Phi) is 4.52. The van der Waals surface area contributed by atoms with Crippen LogP contribution >= 0.6 is 0 Å². The number of carboxylic acids is 1. The van der Waals surface area contributed by atoms with Crippen molar-refractivity contribution in [2.45, 2.75) is 25.3 Å². The van der Waals surface area contributed by atoms with E-state index in [1.54, 1.807) is 0 Å². The molecule has 5 heteroatoms. The number of carboxylic acid groups (broad SMARTS) is 1. The molecule has 0 aliphatic heterocycles. The summed E-state index contributed by atoms with van der Waals surface area (Å²) in [6.07, 6.45) is 2.19. The summed E-state index contributed by atoms with van der Waals surface area (Å²) in [5, 5.41) is 14.7. The first-order chi connectivity index (χ1) is 9.16. The third-order valence-corrected chi connectivity index (χ3v) is 3.13. The van der Waals surface area contributed by atoms with Crippen molar-refractivity contribution in [3.8, 4) is 0 Å². The molecule has 0 spiro atoms. The first-order valence-corrected chi connectivity index (χ1v) is 6.48. The van der Waals surface area contributed by atoms with E-state index in [-0.39, 0.29) is 18.2 Å². The lowest BCUT2D eigenvalue weighted by molar-refractivity contribution is -0.140. The van der Waals surface area contributed by atoms with Crippen molar-refractivity contribution in [1.82, 2.24) is 5.32 Å². The molecule has 0 bridgehead atoms.